The van der Waals surface area contributed by atoms with E-state index in [9.17, 15) is 4.79 Å². The van der Waals surface area contributed by atoms with Crippen LogP contribution < -0.4 is 0 Å². The molecule has 0 aliphatic carbocycles. The summed E-state index contributed by atoms with van der Waals surface area (Å²) in [4.78, 5) is 16.1. The van der Waals surface area contributed by atoms with E-state index in [0.29, 0.717) is 11.5 Å². The molecule has 0 fully saturated rings. The number of para-hydroxylation sites is 2. The normalized spacial score (nSPS) is 10.8. The molecule has 0 aliphatic heterocycles. The van der Waals surface area contributed by atoms with E-state index in [2.05, 4.69) is 4.98 Å². The van der Waals surface area contributed by atoms with Crippen LogP contribution in [0.5, 0.6) is 0 Å². The van der Waals surface area contributed by atoms with Gasteiger partial charge in [0.25, 0.3) is 0 Å². The maximum atomic E-state index is 10.8. The molecular formula is C12H7NO3S. The molecule has 1 N–H and O–H groups in total. The number of hydrogen-bond acceptors (Lipinski definition) is 4. The predicted octanol–water partition coefficient (Wildman–Crippen LogP) is 3.25. The van der Waals surface area contributed by atoms with Crippen molar-refractivity contribution in [3.63, 3.8) is 0 Å². The summed E-state index contributed by atoms with van der Waals surface area (Å²) in [5.41, 5.74) is 1.47. The largest absolute Gasteiger partial charge is 0.477 e. The van der Waals surface area contributed by atoms with Crippen molar-refractivity contribution in [2.75, 3.05) is 0 Å². The smallest absolute Gasteiger partial charge is 0.345 e. The monoisotopic (exact) mass is 245 g/mol. The Hall–Kier alpha value is -2.14. The zero-order valence-corrected chi connectivity index (χ0v) is 9.40. The Labute approximate surface area is 100 Å². The highest BCUT2D eigenvalue weighted by Crippen LogP contribution is 2.29. The predicted molar refractivity (Wildman–Crippen MR) is 64.3 cm³/mol. The summed E-state index contributed by atoms with van der Waals surface area (Å²) in [7, 11) is 0. The summed E-state index contributed by atoms with van der Waals surface area (Å²) in [5, 5.41) is 8.84. The molecule has 0 aliphatic rings. The van der Waals surface area contributed by atoms with E-state index in [4.69, 9.17) is 9.52 Å². The van der Waals surface area contributed by atoms with E-state index in [1.165, 1.54) is 0 Å². The average Bonchev–Trinajstić information content (AvgIpc) is 2.95. The lowest BCUT2D eigenvalue weighted by Gasteiger charge is -1.86. The first-order chi connectivity index (χ1) is 8.24. The number of aromatic nitrogens is 1. The maximum Gasteiger partial charge on any atom is 0.345 e. The topological polar surface area (TPSA) is 63.3 Å². The van der Waals surface area contributed by atoms with Gasteiger partial charge in [0.1, 0.15) is 10.4 Å². The van der Waals surface area contributed by atoms with E-state index in [1.54, 1.807) is 12.1 Å². The summed E-state index contributed by atoms with van der Waals surface area (Å²) >= 11 is 1.15. The summed E-state index contributed by atoms with van der Waals surface area (Å²) in [5.74, 6) is -0.471. The van der Waals surface area contributed by atoms with Gasteiger partial charge in [-0.1, -0.05) is 12.1 Å². The molecule has 84 valence electrons. The van der Waals surface area contributed by atoms with Crippen molar-refractivity contribution in [1.82, 2.24) is 4.98 Å². The molecule has 4 nitrogen and oxygen atoms in total. The van der Waals surface area contributed by atoms with Gasteiger partial charge in [-0.2, -0.15) is 0 Å². The molecule has 1 aromatic carbocycles. The molecule has 2 heterocycles. The molecule has 0 amide bonds. The highest BCUT2D eigenvalue weighted by Gasteiger charge is 2.13. The van der Waals surface area contributed by atoms with Crippen LogP contribution in [0.15, 0.2) is 40.8 Å². The van der Waals surface area contributed by atoms with Crippen LogP contribution in [0.25, 0.3) is 21.9 Å². The van der Waals surface area contributed by atoms with Crippen LogP contribution in [0.1, 0.15) is 9.67 Å². The van der Waals surface area contributed by atoms with Crippen LogP contribution in [-0.4, -0.2) is 16.1 Å². The number of aromatic carboxylic acids is 1. The molecule has 0 saturated heterocycles. The Morgan fingerprint density at radius 2 is 2.06 bits per heavy atom. The number of carboxylic acid groups (broad SMARTS) is 1. The second-order valence-corrected chi connectivity index (χ2v) is 4.54. The van der Waals surface area contributed by atoms with Gasteiger partial charge in [0, 0.05) is 0 Å². The van der Waals surface area contributed by atoms with E-state index in [1.807, 2.05) is 24.3 Å². The standard InChI is InChI=1S/C12H7NO3S/c14-12(15)10-6-5-9(17-10)11-13-7-3-1-2-4-8(7)16-11/h1-6H,(H,14,15). The van der Waals surface area contributed by atoms with Gasteiger partial charge >= 0.3 is 5.97 Å². The van der Waals surface area contributed by atoms with Gasteiger partial charge < -0.3 is 9.52 Å². The van der Waals surface area contributed by atoms with Gasteiger partial charge in [0.05, 0.1) is 4.88 Å². The first-order valence-corrected chi connectivity index (χ1v) is 5.75. The molecule has 0 radical (unpaired) electrons. The minimum atomic E-state index is -0.933. The molecule has 0 saturated carbocycles. The fourth-order valence-corrected chi connectivity index (χ4v) is 2.32. The zero-order valence-electron chi connectivity index (χ0n) is 8.58. The van der Waals surface area contributed by atoms with Crippen molar-refractivity contribution in [2.45, 2.75) is 0 Å². The zero-order chi connectivity index (χ0) is 11.8. The Morgan fingerprint density at radius 1 is 1.24 bits per heavy atom. The second-order valence-electron chi connectivity index (χ2n) is 3.46. The number of nitrogens with zero attached hydrogens (tertiary/aromatic N) is 1. The van der Waals surface area contributed by atoms with Crippen LogP contribution in [-0.2, 0) is 0 Å². The number of benzene rings is 1. The third kappa shape index (κ3) is 1.70. The summed E-state index contributed by atoms with van der Waals surface area (Å²) in [6.45, 7) is 0. The number of carbonyl (C=O) groups is 1. The Balaban J connectivity index is 2.10. The van der Waals surface area contributed by atoms with Crippen molar-refractivity contribution in [3.05, 3.63) is 41.3 Å². The summed E-state index contributed by atoms with van der Waals surface area (Å²) < 4.78 is 5.55. The molecule has 17 heavy (non-hydrogen) atoms. The number of oxazole rings is 1. The van der Waals surface area contributed by atoms with Crippen molar-refractivity contribution >= 4 is 28.4 Å². The molecule has 3 aromatic rings. The molecule has 0 atom stereocenters. The van der Waals surface area contributed by atoms with Crippen molar-refractivity contribution < 1.29 is 14.3 Å². The van der Waals surface area contributed by atoms with Crippen molar-refractivity contribution in [2.24, 2.45) is 0 Å². The quantitative estimate of drug-likeness (QED) is 0.752. The molecule has 0 spiro atoms. The molecule has 0 unspecified atom stereocenters. The SMILES string of the molecule is O=C(O)c1ccc(-c2nc3ccccc3o2)s1. The lowest BCUT2D eigenvalue weighted by molar-refractivity contribution is 0.0702. The van der Waals surface area contributed by atoms with Gasteiger partial charge in [-0.3, -0.25) is 0 Å². The van der Waals surface area contributed by atoms with Gasteiger partial charge in [-0.25, -0.2) is 9.78 Å². The van der Waals surface area contributed by atoms with E-state index in [-0.39, 0.29) is 4.88 Å². The van der Waals surface area contributed by atoms with Crippen molar-refractivity contribution in [3.8, 4) is 10.8 Å². The molecule has 5 heteroatoms. The van der Waals surface area contributed by atoms with Crippen LogP contribution in [0, 0.1) is 0 Å². The average molecular weight is 245 g/mol. The van der Waals surface area contributed by atoms with Crippen molar-refractivity contribution in [1.29, 1.82) is 0 Å². The van der Waals surface area contributed by atoms with Gasteiger partial charge in [0.2, 0.25) is 5.89 Å². The maximum absolute atomic E-state index is 10.8. The second kappa shape index (κ2) is 3.71. The minimum absolute atomic E-state index is 0.280. The van der Waals surface area contributed by atoms with Crippen LogP contribution in [0.2, 0.25) is 0 Å². The molecule has 0 bridgehead atoms. The Kier molecular flexibility index (Phi) is 2.19. The molecule has 3 rings (SSSR count). The van der Waals surface area contributed by atoms with Gasteiger partial charge in [-0.05, 0) is 24.3 Å². The summed E-state index contributed by atoms with van der Waals surface area (Å²) in [6, 6.07) is 10.7. The fraction of sp³-hybridized carbons (Fsp3) is 0. The van der Waals surface area contributed by atoms with E-state index < -0.39 is 5.97 Å². The van der Waals surface area contributed by atoms with Gasteiger partial charge in [-0.15, -0.1) is 11.3 Å². The highest BCUT2D eigenvalue weighted by molar-refractivity contribution is 7.17. The third-order valence-electron chi connectivity index (χ3n) is 2.32. The van der Waals surface area contributed by atoms with E-state index in [0.717, 1.165) is 21.7 Å². The third-order valence-corrected chi connectivity index (χ3v) is 3.38. The summed E-state index contributed by atoms with van der Waals surface area (Å²) in [6.07, 6.45) is 0. The minimum Gasteiger partial charge on any atom is -0.477 e. The Morgan fingerprint density at radius 3 is 2.76 bits per heavy atom. The van der Waals surface area contributed by atoms with E-state index >= 15 is 0 Å². The van der Waals surface area contributed by atoms with Crippen LogP contribution in [0.3, 0.4) is 0 Å². The van der Waals surface area contributed by atoms with Crippen LogP contribution >= 0.6 is 11.3 Å². The number of carboxylic acids is 1. The number of thiophene rings is 1. The van der Waals surface area contributed by atoms with Gasteiger partial charge in [0.15, 0.2) is 5.58 Å². The molecule has 2 aromatic heterocycles. The van der Waals surface area contributed by atoms with Crippen LogP contribution in [0.4, 0.5) is 0 Å². The first-order valence-electron chi connectivity index (χ1n) is 4.93. The fourth-order valence-electron chi connectivity index (χ4n) is 1.55. The molecular weight excluding hydrogens is 238 g/mol. The Bertz CT molecular complexity index is 665. The highest BCUT2D eigenvalue weighted by atomic mass is 32.1. The lowest BCUT2D eigenvalue weighted by atomic mass is 10.3. The first kappa shape index (κ1) is 10.0. The number of fused-ring (bicyclic) bond motifs is 1. The number of rotatable bonds is 2. The lowest BCUT2D eigenvalue weighted by Crippen LogP contribution is -1.89. The number of hydrogen-bond donors (Lipinski definition) is 1.